The molecular weight excluding hydrogens is 140 g/mol. The van der Waals surface area contributed by atoms with E-state index in [1.54, 1.807) is 18.5 Å². The maximum Gasteiger partial charge on any atom is 0.0915 e. The van der Waals surface area contributed by atoms with E-state index in [1.807, 2.05) is 6.92 Å². The van der Waals surface area contributed by atoms with E-state index in [1.165, 1.54) is 0 Å². The Morgan fingerprint density at radius 2 is 2.45 bits per heavy atom. The Balaban J connectivity index is 2.93. The number of aliphatic hydroxyl groups is 1. The Kier molecular flexibility index (Phi) is 2.57. The molecule has 1 rings (SSSR count). The maximum atomic E-state index is 9.36. The summed E-state index contributed by atoms with van der Waals surface area (Å²) < 4.78 is 0. The summed E-state index contributed by atoms with van der Waals surface area (Å²) in [6, 6.07) is 1.78. The van der Waals surface area contributed by atoms with E-state index >= 15 is 0 Å². The predicted octanol–water partition coefficient (Wildman–Crippen LogP) is 0.382. The van der Waals surface area contributed by atoms with Crippen LogP contribution in [0, 0.1) is 6.92 Å². The van der Waals surface area contributed by atoms with Gasteiger partial charge in [0.15, 0.2) is 0 Å². The number of aromatic nitrogens is 1. The molecule has 0 aliphatic rings. The molecule has 0 fully saturated rings. The molecule has 60 valence electrons. The van der Waals surface area contributed by atoms with E-state index in [9.17, 15) is 5.11 Å². The van der Waals surface area contributed by atoms with Crippen molar-refractivity contribution in [3.05, 3.63) is 29.6 Å². The molecule has 0 aliphatic heterocycles. The molecule has 0 aromatic carbocycles. The SMILES string of the molecule is Cc1cnccc1C(O)CN. The summed E-state index contributed by atoms with van der Waals surface area (Å²) in [5, 5.41) is 9.36. The fourth-order valence-corrected chi connectivity index (χ4v) is 0.985. The predicted molar refractivity (Wildman–Crippen MR) is 43.0 cm³/mol. The molecule has 0 amide bonds. The van der Waals surface area contributed by atoms with E-state index in [0.717, 1.165) is 11.1 Å². The Labute approximate surface area is 65.9 Å². The van der Waals surface area contributed by atoms with Crippen LogP contribution in [0.5, 0.6) is 0 Å². The summed E-state index contributed by atoms with van der Waals surface area (Å²) in [6.45, 7) is 2.16. The Morgan fingerprint density at radius 3 is 3.00 bits per heavy atom. The standard InChI is InChI=1S/C8H12N2O/c1-6-5-10-3-2-7(6)8(11)4-9/h2-3,5,8,11H,4,9H2,1H3. The van der Waals surface area contributed by atoms with Crippen LogP contribution >= 0.6 is 0 Å². The second-order valence-corrected chi connectivity index (χ2v) is 2.48. The van der Waals surface area contributed by atoms with E-state index in [-0.39, 0.29) is 6.54 Å². The number of nitrogens with zero attached hydrogens (tertiary/aromatic N) is 1. The monoisotopic (exact) mass is 152 g/mol. The molecule has 1 atom stereocenters. The van der Waals surface area contributed by atoms with Crippen molar-refractivity contribution >= 4 is 0 Å². The lowest BCUT2D eigenvalue weighted by molar-refractivity contribution is 0.186. The van der Waals surface area contributed by atoms with E-state index in [2.05, 4.69) is 4.98 Å². The molecule has 0 saturated heterocycles. The van der Waals surface area contributed by atoms with Crippen molar-refractivity contribution in [1.82, 2.24) is 4.98 Å². The van der Waals surface area contributed by atoms with Gasteiger partial charge >= 0.3 is 0 Å². The minimum atomic E-state index is -0.557. The van der Waals surface area contributed by atoms with Gasteiger partial charge in [0.1, 0.15) is 0 Å². The average molecular weight is 152 g/mol. The van der Waals surface area contributed by atoms with Crippen molar-refractivity contribution < 1.29 is 5.11 Å². The van der Waals surface area contributed by atoms with Crippen molar-refractivity contribution in [3.8, 4) is 0 Å². The van der Waals surface area contributed by atoms with Gasteiger partial charge in [-0.05, 0) is 24.1 Å². The molecule has 3 N–H and O–H groups in total. The van der Waals surface area contributed by atoms with E-state index < -0.39 is 6.10 Å². The summed E-state index contributed by atoms with van der Waals surface area (Å²) in [7, 11) is 0. The number of nitrogens with two attached hydrogens (primary N) is 1. The fraction of sp³-hybridized carbons (Fsp3) is 0.375. The summed E-state index contributed by atoms with van der Waals surface area (Å²) in [5.74, 6) is 0. The number of hydrogen-bond donors (Lipinski definition) is 2. The second-order valence-electron chi connectivity index (χ2n) is 2.48. The molecule has 0 saturated carbocycles. The minimum Gasteiger partial charge on any atom is -0.387 e. The van der Waals surface area contributed by atoms with Gasteiger partial charge in [0, 0.05) is 18.9 Å². The number of hydrogen-bond acceptors (Lipinski definition) is 3. The second kappa shape index (κ2) is 3.46. The van der Waals surface area contributed by atoms with Gasteiger partial charge in [0.25, 0.3) is 0 Å². The Bertz CT molecular complexity index is 237. The van der Waals surface area contributed by atoms with Crippen molar-refractivity contribution in [2.75, 3.05) is 6.54 Å². The van der Waals surface area contributed by atoms with Crippen molar-refractivity contribution in [2.24, 2.45) is 5.73 Å². The van der Waals surface area contributed by atoms with Gasteiger partial charge in [-0.3, -0.25) is 4.98 Å². The van der Waals surface area contributed by atoms with Gasteiger partial charge in [-0.2, -0.15) is 0 Å². The molecule has 1 aromatic heterocycles. The first kappa shape index (κ1) is 8.17. The third-order valence-electron chi connectivity index (χ3n) is 1.65. The molecule has 0 aliphatic carbocycles. The average Bonchev–Trinajstić information content (AvgIpc) is 2.04. The van der Waals surface area contributed by atoms with Crippen LogP contribution in [0.1, 0.15) is 17.2 Å². The van der Waals surface area contributed by atoms with Crippen LogP contribution < -0.4 is 5.73 Å². The van der Waals surface area contributed by atoms with Crippen LogP contribution in [-0.4, -0.2) is 16.6 Å². The lowest BCUT2D eigenvalue weighted by atomic mass is 10.1. The molecule has 11 heavy (non-hydrogen) atoms. The molecule has 0 spiro atoms. The molecule has 3 nitrogen and oxygen atoms in total. The molecule has 3 heteroatoms. The van der Waals surface area contributed by atoms with Crippen LogP contribution in [-0.2, 0) is 0 Å². The van der Waals surface area contributed by atoms with E-state index in [0.29, 0.717) is 0 Å². The largest absolute Gasteiger partial charge is 0.387 e. The first-order valence-corrected chi connectivity index (χ1v) is 3.54. The summed E-state index contributed by atoms with van der Waals surface area (Å²) in [6.07, 6.45) is 2.81. The van der Waals surface area contributed by atoms with Gasteiger partial charge < -0.3 is 10.8 Å². The third-order valence-corrected chi connectivity index (χ3v) is 1.65. The van der Waals surface area contributed by atoms with Crippen molar-refractivity contribution in [2.45, 2.75) is 13.0 Å². The van der Waals surface area contributed by atoms with Crippen LogP contribution in [0.3, 0.4) is 0 Å². The molecular formula is C8H12N2O. The number of aliphatic hydroxyl groups excluding tert-OH is 1. The fourth-order valence-electron chi connectivity index (χ4n) is 0.985. The Hall–Kier alpha value is -0.930. The van der Waals surface area contributed by atoms with Crippen LogP contribution in [0.15, 0.2) is 18.5 Å². The zero-order chi connectivity index (χ0) is 8.27. The van der Waals surface area contributed by atoms with Gasteiger partial charge in [-0.25, -0.2) is 0 Å². The smallest absolute Gasteiger partial charge is 0.0915 e. The van der Waals surface area contributed by atoms with Gasteiger partial charge in [-0.1, -0.05) is 0 Å². The summed E-state index contributed by atoms with van der Waals surface area (Å²) in [4.78, 5) is 3.91. The quantitative estimate of drug-likeness (QED) is 0.644. The zero-order valence-electron chi connectivity index (χ0n) is 6.49. The lowest BCUT2D eigenvalue weighted by Crippen LogP contribution is -2.12. The zero-order valence-corrected chi connectivity index (χ0v) is 6.49. The highest BCUT2D eigenvalue weighted by atomic mass is 16.3. The minimum absolute atomic E-state index is 0.255. The molecule has 1 heterocycles. The first-order chi connectivity index (χ1) is 5.25. The van der Waals surface area contributed by atoms with Gasteiger partial charge in [-0.15, -0.1) is 0 Å². The van der Waals surface area contributed by atoms with Crippen LogP contribution in [0.25, 0.3) is 0 Å². The highest BCUT2D eigenvalue weighted by molar-refractivity contribution is 5.23. The first-order valence-electron chi connectivity index (χ1n) is 3.54. The van der Waals surface area contributed by atoms with Gasteiger partial charge in [0.2, 0.25) is 0 Å². The van der Waals surface area contributed by atoms with Crippen molar-refractivity contribution in [1.29, 1.82) is 0 Å². The molecule has 0 radical (unpaired) electrons. The van der Waals surface area contributed by atoms with Gasteiger partial charge in [0.05, 0.1) is 6.10 Å². The Morgan fingerprint density at radius 1 is 1.73 bits per heavy atom. The molecule has 1 aromatic rings. The maximum absolute atomic E-state index is 9.36. The number of aryl methyl sites for hydroxylation is 1. The highest BCUT2D eigenvalue weighted by Crippen LogP contribution is 2.13. The van der Waals surface area contributed by atoms with E-state index in [4.69, 9.17) is 5.73 Å². The number of pyridine rings is 1. The third kappa shape index (κ3) is 1.76. The normalized spacial score (nSPS) is 13.0. The highest BCUT2D eigenvalue weighted by Gasteiger charge is 2.06. The van der Waals surface area contributed by atoms with Crippen LogP contribution in [0.2, 0.25) is 0 Å². The molecule has 1 unspecified atom stereocenters. The lowest BCUT2D eigenvalue weighted by Gasteiger charge is -2.09. The summed E-state index contributed by atoms with van der Waals surface area (Å²) >= 11 is 0. The topological polar surface area (TPSA) is 59.1 Å². The number of rotatable bonds is 2. The van der Waals surface area contributed by atoms with Crippen LogP contribution in [0.4, 0.5) is 0 Å². The summed E-state index contributed by atoms with van der Waals surface area (Å²) in [5.41, 5.74) is 7.14. The molecule has 0 bridgehead atoms. The van der Waals surface area contributed by atoms with Crippen molar-refractivity contribution in [3.63, 3.8) is 0 Å².